The number of nitrogens with one attached hydrogen (secondary N) is 1. The van der Waals surface area contributed by atoms with Gasteiger partial charge in [-0.3, -0.25) is 4.79 Å². The summed E-state index contributed by atoms with van der Waals surface area (Å²) in [5, 5.41) is 10.6. The Morgan fingerprint density at radius 2 is 1.96 bits per heavy atom. The van der Waals surface area contributed by atoms with Gasteiger partial charge in [0.2, 0.25) is 18.0 Å². The quantitative estimate of drug-likeness (QED) is 0.734. The smallest absolute Gasteiger partial charge is 0.290 e. The number of benzene rings is 1. The summed E-state index contributed by atoms with van der Waals surface area (Å²) in [6.45, 7) is 3.14. The lowest BCUT2D eigenvalue weighted by molar-refractivity contribution is 0.0913. The van der Waals surface area contributed by atoms with E-state index in [2.05, 4.69) is 20.6 Å². The molecule has 0 radical (unpaired) electrons. The first-order valence-electron chi connectivity index (χ1n) is 8.23. The van der Waals surface area contributed by atoms with E-state index in [0.717, 1.165) is 24.2 Å². The topological polar surface area (TPSA) is 107 Å². The molecule has 3 heterocycles. The fourth-order valence-corrected chi connectivity index (χ4v) is 2.65. The number of amides is 1. The maximum absolute atomic E-state index is 12.2. The average molecular weight is 355 g/mol. The summed E-state index contributed by atoms with van der Waals surface area (Å²) in [6.07, 6.45) is 1.28. The monoisotopic (exact) mass is 355 g/mol. The Labute approximate surface area is 148 Å². The Kier molecular flexibility index (Phi) is 4.61. The molecule has 4 rings (SSSR count). The second-order valence-electron chi connectivity index (χ2n) is 5.78. The number of morpholine rings is 1. The van der Waals surface area contributed by atoms with Gasteiger partial charge < -0.3 is 24.0 Å². The number of carbonyl (C=O) groups is 1. The molecule has 9 heteroatoms. The van der Waals surface area contributed by atoms with Crippen LogP contribution in [0.15, 0.2) is 45.8 Å². The normalized spacial score (nSPS) is 14.4. The largest absolute Gasteiger partial charge is 0.378 e. The molecule has 134 valence electrons. The molecule has 0 spiro atoms. The summed E-state index contributed by atoms with van der Waals surface area (Å²) in [5.41, 5.74) is 1.79. The van der Waals surface area contributed by atoms with E-state index in [9.17, 15) is 4.79 Å². The van der Waals surface area contributed by atoms with Crippen molar-refractivity contribution in [2.24, 2.45) is 0 Å². The van der Waals surface area contributed by atoms with Crippen molar-refractivity contribution in [3.05, 3.63) is 48.0 Å². The molecule has 0 atom stereocenters. The first-order chi connectivity index (χ1) is 12.8. The number of hydrogen-bond donors (Lipinski definition) is 1. The second kappa shape index (κ2) is 7.36. The Hall–Kier alpha value is -3.20. The van der Waals surface area contributed by atoms with Crippen LogP contribution in [0.2, 0.25) is 0 Å². The predicted octanol–water partition coefficient (Wildman–Crippen LogP) is 1.49. The molecule has 1 N–H and O–H groups in total. The van der Waals surface area contributed by atoms with Crippen molar-refractivity contribution in [3.63, 3.8) is 0 Å². The van der Waals surface area contributed by atoms with E-state index in [1.54, 1.807) is 6.07 Å². The van der Waals surface area contributed by atoms with E-state index in [1.165, 1.54) is 6.39 Å². The van der Waals surface area contributed by atoms with E-state index in [-0.39, 0.29) is 11.7 Å². The molecule has 2 aromatic heterocycles. The molecule has 1 fully saturated rings. The fraction of sp³-hybridized carbons (Fsp3) is 0.294. The van der Waals surface area contributed by atoms with Gasteiger partial charge in [-0.05, 0) is 5.56 Å². The molecule has 1 amide bonds. The van der Waals surface area contributed by atoms with Gasteiger partial charge in [-0.2, -0.15) is 4.98 Å². The summed E-state index contributed by atoms with van der Waals surface area (Å²) in [4.78, 5) is 18.3. The second-order valence-corrected chi connectivity index (χ2v) is 5.78. The van der Waals surface area contributed by atoms with Crippen molar-refractivity contribution < 1.29 is 18.6 Å². The minimum atomic E-state index is -0.306. The highest BCUT2D eigenvalue weighted by Crippen LogP contribution is 2.17. The molecule has 1 aliphatic rings. The van der Waals surface area contributed by atoms with Crippen LogP contribution in [0, 0.1) is 0 Å². The number of hydrogen-bond acceptors (Lipinski definition) is 8. The predicted molar refractivity (Wildman–Crippen MR) is 90.4 cm³/mol. The number of carbonyl (C=O) groups excluding carboxylic acids is 1. The number of aromatic nitrogens is 3. The van der Waals surface area contributed by atoms with E-state index >= 15 is 0 Å². The van der Waals surface area contributed by atoms with Crippen molar-refractivity contribution in [3.8, 4) is 11.4 Å². The maximum atomic E-state index is 12.2. The summed E-state index contributed by atoms with van der Waals surface area (Å²) in [5.74, 6) is 1.06. The third kappa shape index (κ3) is 3.57. The van der Waals surface area contributed by atoms with E-state index in [0.29, 0.717) is 31.4 Å². The van der Waals surface area contributed by atoms with Gasteiger partial charge in [-0.1, -0.05) is 34.6 Å². The Balaban J connectivity index is 1.34. The van der Waals surface area contributed by atoms with Gasteiger partial charge in [0.15, 0.2) is 5.82 Å². The van der Waals surface area contributed by atoms with Gasteiger partial charge in [-0.15, -0.1) is 0 Å². The van der Waals surface area contributed by atoms with E-state index < -0.39 is 0 Å². The number of anilines is 1. The fourth-order valence-electron chi connectivity index (χ4n) is 2.65. The summed E-state index contributed by atoms with van der Waals surface area (Å²) >= 11 is 0. The van der Waals surface area contributed by atoms with Crippen LogP contribution in [0.1, 0.15) is 16.1 Å². The summed E-state index contributed by atoms with van der Waals surface area (Å²) in [7, 11) is 0. The number of rotatable bonds is 5. The summed E-state index contributed by atoms with van der Waals surface area (Å²) < 4.78 is 15.2. The lowest BCUT2D eigenvalue weighted by Crippen LogP contribution is -2.36. The molecule has 3 aromatic rings. The number of ether oxygens (including phenoxy) is 1. The zero-order valence-corrected chi connectivity index (χ0v) is 13.9. The molecule has 0 saturated carbocycles. The van der Waals surface area contributed by atoms with Gasteiger partial charge in [0.25, 0.3) is 5.91 Å². The molecule has 0 bridgehead atoms. The van der Waals surface area contributed by atoms with Crippen molar-refractivity contribution in [1.82, 2.24) is 20.6 Å². The van der Waals surface area contributed by atoms with Crippen molar-refractivity contribution in [2.45, 2.75) is 6.54 Å². The Morgan fingerprint density at radius 3 is 2.69 bits per heavy atom. The average Bonchev–Trinajstić information content (AvgIpc) is 3.39. The van der Waals surface area contributed by atoms with Gasteiger partial charge >= 0.3 is 0 Å². The van der Waals surface area contributed by atoms with Gasteiger partial charge in [0.05, 0.1) is 13.2 Å². The van der Waals surface area contributed by atoms with Crippen LogP contribution >= 0.6 is 0 Å². The minimum absolute atomic E-state index is 0.190. The van der Waals surface area contributed by atoms with Crippen molar-refractivity contribution >= 4 is 11.7 Å². The molecule has 1 aliphatic heterocycles. The highest BCUT2D eigenvalue weighted by Gasteiger charge is 2.18. The third-order valence-electron chi connectivity index (χ3n) is 4.08. The number of nitrogens with zero attached hydrogens (tertiary/aromatic N) is 4. The lowest BCUT2D eigenvalue weighted by Gasteiger charge is -2.25. The van der Waals surface area contributed by atoms with E-state index in [1.807, 2.05) is 29.2 Å². The van der Waals surface area contributed by atoms with Crippen molar-refractivity contribution in [2.75, 3.05) is 31.2 Å². The maximum Gasteiger partial charge on any atom is 0.290 e. The molecule has 0 unspecified atom stereocenters. The first kappa shape index (κ1) is 16.3. The summed E-state index contributed by atoms with van der Waals surface area (Å²) in [6, 6.07) is 9.19. The van der Waals surface area contributed by atoms with Crippen LogP contribution in [0.5, 0.6) is 0 Å². The van der Waals surface area contributed by atoms with Gasteiger partial charge in [0, 0.05) is 31.3 Å². The highest BCUT2D eigenvalue weighted by molar-refractivity contribution is 5.92. The molecule has 1 saturated heterocycles. The Bertz CT molecular complexity index is 854. The van der Waals surface area contributed by atoms with Crippen LogP contribution in [0.25, 0.3) is 11.4 Å². The molecule has 0 aliphatic carbocycles. The molecule has 26 heavy (non-hydrogen) atoms. The molecular weight excluding hydrogens is 338 g/mol. The standard InChI is InChI=1S/C17H17N5O4/c23-17(14-9-15(20-26-14)22-5-7-24-8-6-22)18-10-12-1-3-13(4-2-12)16-19-11-25-21-16/h1-4,9,11H,5-8,10H2,(H,18,23). The van der Waals surface area contributed by atoms with Gasteiger partial charge in [-0.25, -0.2) is 0 Å². The van der Waals surface area contributed by atoms with Crippen LogP contribution in [-0.2, 0) is 11.3 Å². The van der Waals surface area contributed by atoms with Crippen molar-refractivity contribution in [1.29, 1.82) is 0 Å². The zero-order chi connectivity index (χ0) is 17.8. The van der Waals surface area contributed by atoms with Crippen LogP contribution < -0.4 is 10.2 Å². The lowest BCUT2D eigenvalue weighted by atomic mass is 10.1. The Morgan fingerprint density at radius 1 is 1.15 bits per heavy atom. The highest BCUT2D eigenvalue weighted by atomic mass is 16.5. The van der Waals surface area contributed by atoms with Gasteiger partial charge in [0.1, 0.15) is 0 Å². The van der Waals surface area contributed by atoms with Crippen LogP contribution in [0.3, 0.4) is 0 Å². The van der Waals surface area contributed by atoms with Crippen LogP contribution in [-0.4, -0.2) is 47.5 Å². The first-order valence-corrected chi connectivity index (χ1v) is 8.23. The molecule has 9 nitrogen and oxygen atoms in total. The third-order valence-corrected chi connectivity index (χ3v) is 4.08. The SMILES string of the molecule is O=C(NCc1ccc(-c2ncon2)cc1)c1cc(N2CCOCC2)no1. The molecule has 1 aromatic carbocycles. The van der Waals surface area contributed by atoms with E-state index in [4.69, 9.17) is 13.8 Å². The zero-order valence-electron chi connectivity index (χ0n) is 13.9. The molecular formula is C17H17N5O4. The van der Waals surface area contributed by atoms with Crippen LogP contribution in [0.4, 0.5) is 5.82 Å². The minimum Gasteiger partial charge on any atom is -0.378 e.